The minimum atomic E-state index is -0.289. The third-order valence-corrected chi connectivity index (χ3v) is 4.56. The van der Waals surface area contributed by atoms with Crippen molar-refractivity contribution in [2.75, 3.05) is 19.6 Å². The fraction of sp³-hybridized carbons (Fsp3) is 0.421. The standard InChI is InChI=1S/C19H25N3O2/c23-17-8-13-22(14-9-17)18(16-6-2-1-3-7-16)19(24)20-10-15-21-11-4-5-12-21/h1-7,11-12,17-18,23H,8-10,13-15H2,(H,20,24). The van der Waals surface area contributed by atoms with Gasteiger partial charge in [0, 0.05) is 38.6 Å². The Bertz CT molecular complexity index is 619. The summed E-state index contributed by atoms with van der Waals surface area (Å²) in [5, 5.41) is 12.8. The Balaban J connectivity index is 1.65. The second kappa shape index (κ2) is 8.13. The van der Waals surface area contributed by atoms with Gasteiger partial charge in [0.2, 0.25) is 5.91 Å². The fourth-order valence-electron chi connectivity index (χ4n) is 3.23. The summed E-state index contributed by atoms with van der Waals surface area (Å²) in [7, 11) is 0. The highest BCUT2D eigenvalue weighted by Crippen LogP contribution is 2.25. The molecule has 1 atom stereocenters. The van der Waals surface area contributed by atoms with Crippen molar-refractivity contribution in [2.45, 2.75) is 31.5 Å². The molecule has 2 N–H and O–H groups in total. The minimum absolute atomic E-state index is 0.0322. The zero-order valence-corrected chi connectivity index (χ0v) is 13.8. The summed E-state index contributed by atoms with van der Waals surface area (Å²) in [5.74, 6) is 0.0322. The van der Waals surface area contributed by atoms with Crippen LogP contribution in [0.25, 0.3) is 0 Å². The van der Waals surface area contributed by atoms with Crippen LogP contribution in [0.1, 0.15) is 24.4 Å². The number of likely N-dealkylation sites (tertiary alicyclic amines) is 1. The van der Waals surface area contributed by atoms with Gasteiger partial charge in [-0.15, -0.1) is 0 Å². The van der Waals surface area contributed by atoms with Gasteiger partial charge >= 0.3 is 0 Å². The molecule has 1 fully saturated rings. The van der Waals surface area contributed by atoms with E-state index >= 15 is 0 Å². The van der Waals surface area contributed by atoms with E-state index < -0.39 is 0 Å². The number of piperidine rings is 1. The number of benzene rings is 1. The first kappa shape index (κ1) is 16.7. The van der Waals surface area contributed by atoms with Crippen LogP contribution in [-0.2, 0) is 11.3 Å². The Labute approximate surface area is 142 Å². The van der Waals surface area contributed by atoms with Crippen molar-refractivity contribution in [3.63, 3.8) is 0 Å². The molecule has 0 aliphatic carbocycles. The number of hydrogen-bond acceptors (Lipinski definition) is 3. The summed E-state index contributed by atoms with van der Waals surface area (Å²) < 4.78 is 2.05. The van der Waals surface area contributed by atoms with Crippen LogP contribution in [0, 0.1) is 0 Å². The Morgan fingerprint density at radius 2 is 1.79 bits per heavy atom. The van der Waals surface area contributed by atoms with Crippen LogP contribution in [0.15, 0.2) is 54.9 Å². The number of nitrogens with zero attached hydrogens (tertiary/aromatic N) is 2. The van der Waals surface area contributed by atoms with Crippen molar-refractivity contribution in [3.05, 3.63) is 60.4 Å². The highest BCUT2D eigenvalue weighted by atomic mass is 16.3. The van der Waals surface area contributed by atoms with Crippen molar-refractivity contribution in [1.29, 1.82) is 0 Å². The molecule has 2 aromatic rings. The number of rotatable bonds is 6. The third kappa shape index (κ3) is 4.24. The lowest BCUT2D eigenvalue weighted by Crippen LogP contribution is -2.45. The van der Waals surface area contributed by atoms with Gasteiger partial charge in [-0.1, -0.05) is 30.3 Å². The van der Waals surface area contributed by atoms with Crippen molar-refractivity contribution < 1.29 is 9.90 Å². The molecule has 1 amide bonds. The molecule has 3 rings (SSSR count). The molecule has 1 aliphatic rings. The third-order valence-electron chi connectivity index (χ3n) is 4.56. The average molecular weight is 327 g/mol. The number of carbonyl (C=O) groups excluding carboxylic acids is 1. The van der Waals surface area contributed by atoms with Gasteiger partial charge in [-0.3, -0.25) is 9.69 Å². The lowest BCUT2D eigenvalue weighted by Gasteiger charge is -2.35. The minimum Gasteiger partial charge on any atom is -0.393 e. The van der Waals surface area contributed by atoms with Crippen LogP contribution in [0.3, 0.4) is 0 Å². The molecule has 1 saturated heterocycles. The van der Waals surface area contributed by atoms with E-state index in [-0.39, 0.29) is 18.1 Å². The van der Waals surface area contributed by atoms with E-state index in [2.05, 4.69) is 14.8 Å². The second-order valence-corrected chi connectivity index (χ2v) is 6.29. The molecule has 0 saturated carbocycles. The molecule has 0 radical (unpaired) electrons. The summed E-state index contributed by atoms with van der Waals surface area (Å²) >= 11 is 0. The molecule has 2 heterocycles. The number of hydrogen-bond donors (Lipinski definition) is 2. The van der Waals surface area contributed by atoms with Crippen LogP contribution in [0.2, 0.25) is 0 Å². The molecule has 0 spiro atoms. The van der Waals surface area contributed by atoms with Gasteiger partial charge in [0.1, 0.15) is 6.04 Å². The summed E-state index contributed by atoms with van der Waals surface area (Å²) in [4.78, 5) is 15.0. The number of nitrogens with one attached hydrogen (secondary N) is 1. The van der Waals surface area contributed by atoms with Crippen LogP contribution in [0.4, 0.5) is 0 Å². The monoisotopic (exact) mass is 327 g/mol. The van der Waals surface area contributed by atoms with Gasteiger partial charge < -0.3 is 15.0 Å². The maximum atomic E-state index is 12.8. The summed E-state index contributed by atoms with van der Waals surface area (Å²) in [5.41, 5.74) is 1.01. The number of aliphatic hydroxyl groups excluding tert-OH is 1. The fourth-order valence-corrected chi connectivity index (χ4v) is 3.23. The first-order valence-corrected chi connectivity index (χ1v) is 8.59. The van der Waals surface area contributed by atoms with E-state index in [0.29, 0.717) is 6.54 Å². The second-order valence-electron chi connectivity index (χ2n) is 6.29. The summed E-state index contributed by atoms with van der Waals surface area (Å²) in [6, 6.07) is 13.6. The van der Waals surface area contributed by atoms with Crippen molar-refractivity contribution in [2.24, 2.45) is 0 Å². The van der Waals surface area contributed by atoms with Gasteiger partial charge in [0.25, 0.3) is 0 Å². The summed E-state index contributed by atoms with van der Waals surface area (Å²) in [6.07, 6.45) is 5.19. The van der Waals surface area contributed by atoms with E-state index in [1.165, 1.54) is 0 Å². The lowest BCUT2D eigenvalue weighted by molar-refractivity contribution is -0.127. The van der Waals surface area contributed by atoms with Gasteiger partial charge in [-0.2, -0.15) is 0 Å². The number of aromatic nitrogens is 1. The van der Waals surface area contributed by atoms with Gasteiger partial charge in [0.05, 0.1) is 6.10 Å². The van der Waals surface area contributed by atoms with E-state index in [1.54, 1.807) is 0 Å². The smallest absolute Gasteiger partial charge is 0.242 e. The van der Waals surface area contributed by atoms with E-state index in [1.807, 2.05) is 54.9 Å². The van der Waals surface area contributed by atoms with Crippen molar-refractivity contribution >= 4 is 5.91 Å². The first-order chi connectivity index (χ1) is 11.7. The topological polar surface area (TPSA) is 57.5 Å². The zero-order valence-electron chi connectivity index (χ0n) is 13.8. The molecule has 5 heteroatoms. The molecule has 128 valence electrons. The van der Waals surface area contributed by atoms with Crippen molar-refractivity contribution in [3.8, 4) is 0 Å². The molecular weight excluding hydrogens is 302 g/mol. The van der Waals surface area contributed by atoms with E-state index in [9.17, 15) is 9.90 Å². The van der Waals surface area contributed by atoms with Crippen LogP contribution >= 0.6 is 0 Å². The lowest BCUT2D eigenvalue weighted by atomic mass is 10.00. The Hall–Kier alpha value is -2.11. The highest BCUT2D eigenvalue weighted by molar-refractivity contribution is 5.83. The maximum absolute atomic E-state index is 12.8. The molecule has 1 unspecified atom stereocenters. The number of aliphatic hydroxyl groups is 1. The SMILES string of the molecule is O=C(NCCn1cccc1)C(c1ccccc1)N1CCC(O)CC1. The largest absolute Gasteiger partial charge is 0.393 e. The molecule has 1 aromatic carbocycles. The summed E-state index contributed by atoms with van der Waals surface area (Å²) in [6.45, 7) is 2.85. The van der Waals surface area contributed by atoms with Gasteiger partial charge in [-0.05, 0) is 30.5 Å². The molecule has 0 bridgehead atoms. The number of amides is 1. The molecule has 24 heavy (non-hydrogen) atoms. The average Bonchev–Trinajstić information content (AvgIpc) is 3.11. The Morgan fingerprint density at radius 1 is 1.12 bits per heavy atom. The predicted molar refractivity (Wildman–Crippen MR) is 93.4 cm³/mol. The Morgan fingerprint density at radius 3 is 2.46 bits per heavy atom. The normalized spacial score (nSPS) is 17.5. The predicted octanol–water partition coefficient (Wildman–Crippen LogP) is 1.80. The highest BCUT2D eigenvalue weighted by Gasteiger charge is 2.30. The molecule has 5 nitrogen and oxygen atoms in total. The van der Waals surface area contributed by atoms with Gasteiger partial charge in [0.15, 0.2) is 0 Å². The Kier molecular flexibility index (Phi) is 5.67. The molecule has 1 aliphatic heterocycles. The zero-order chi connectivity index (χ0) is 16.8. The van der Waals surface area contributed by atoms with Crippen LogP contribution < -0.4 is 5.32 Å². The van der Waals surface area contributed by atoms with Crippen molar-refractivity contribution in [1.82, 2.24) is 14.8 Å². The number of carbonyl (C=O) groups is 1. The maximum Gasteiger partial charge on any atom is 0.242 e. The molecular formula is C19H25N3O2. The van der Waals surface area contributed by atoms with E-state index in [4.69, 9.17) is 0 Å². The van der Waals surface area contributed by atoms with Crippen LogP contribution in [-0.4, -0.2) is 46.2 Å². The van der Waals surface area contributed by atoms with Gasteiger partial charge in [-0.25, -0.2) is 0 Å². The quantitative estimate of drug-likeness (QED) is 0.851. The first-order valence-electron chi connectivity index (χ1n) is 8.59. The van der Waals surface area contributed by atoms with E-state index in [0.717, 1.165) is 38.0 Å². The van der Waals surface area contributed by atoms with Crippen LogP contribution in [0.5, 0.6) is 0 Å². The molecule has 1 aromatic heterocycles.